The number of amides is 2. The van der Waals surface area contributed by atoms with Crippen LogP contribution in [0.2, 0.25) is 5.02 Å². The van der Waals surface area contributed by atoms with Crippen molar-refractivity contribution < 1.29 is 19.1 Å². The van der Waals surface area contributed by atoms with Crippen molar-refractivity contribution in [2.24, 2.45) is 0 Å². The van der Waals surface area contributed by atoms with Crippen LogP contribution in [-0.4, -0.2) is 28.4 Å². The van der Waals surface area contributed by atoms with E-state index >= 15 is 0 Å². The lowest BCUT2D eigenvalue weighted by atomic mass is 10.1. The zero-order chi connectivity index (χ0) is 20.5. The van der Waals surface area contributed by atoms with Crippen molar-refractivity contribution in [3.8, 4) is 11.5 Å². The normalized spacial score (nSPS) is 12.1. The van der Waals surface area contributed by atoms with Crippen molar-refractivity contribution in [2.75, 3.05) is 6.79 Å². The second kappa shape index (κ2) is 7.44. The molecular formula is C19H15ClN4O5. The quantitative estimate of drug-likeness (QED) is 0.633. The number of ether oxygens (including phenoxy) is 2. The molecule has 1 aliphatic rings. The molecule has 1 aliphatic heterocycles. The van der Waals surface area contributed by atoms with Crippen LogP contribution in [0.25, 0.3) is 10.8 Å². The van der Waals surface area contributed by atoms with Crippen LogP contribution >= 0.6 is 11.6 Å². The van der Waals surface area contributed by atoms with Crippen LogP contribution in [0.5, 0.6) is 11.5 Å². The van der Waals surface area contributed by atoms with E-state index < -0.39 is 11.8 Å². The van der Waals surface area contributed by atoms with Gasteiger partial charge in [-0.15, -0.1) is 0 Å². The van der Waals surface area contributed by atoms with Gasteiger partial charge in [0.2, 0.25) is 6.79 Å². The van der Waals surface area contributed by atoms with E-state index in [2.05, 4.69) is 16.0 Å². The fourth-order valence-electron chi connectivity index (χ4n) is 2.96. The Hall–Kier alpha value is -3.59. The summed E-state index contributed by atoms with van der Waals surface area (Å²) in [6, 6.07) is 9.51. The largest absolute Gasteiger partial charge is 0.454 e. The van der Waals surface area contributed by atoms with Gasteiger partial charge in [-0.1, -0.05) is 29.8 Å². The van der Waals surface area contributed by atoms with Crippen LogP contribution in [-0.2, 0) is 6.54 Å². The third kappa shape index (κ3) is 3.36. The Bertz CT molecular complexity index is 1210. The number of benzene rings is 2. The Kier molecular flexibility index (Phi) is 4.81. The minimum Gasteiger partial charge on any atom is -0.454 e. The smallest absolute Gasteiger partial charge is 0.290 e. The monoisotopic (exact) mass is 414 g/mol. The highest BCUT2D eigenvalue weighted by atomic mass is 35.5. The van der Waals surface area contributed by atoms with Crippen LogP contribution < -0.4 is 25.9 Å². The number of hydrogen-bond acceptors (Lipinski definition) is 6. The van der Waals surface area contributed by atoms with Gasteiger partial charge in [0.25, 0.3) is 17.4 Å². The molecule has 2 N–H and O–H groups in total. The number of fused-ring (bicyclic) bond motifs is 2. The van der Waals surface area contributed by atoms with Gasteiger partial charge in [0.1, 0.15) is 0 Å². The van der Waals surface area contributed by atoms with E-state index in [0.717, 1.165) is 0 Å². The van der Waals surface area contributed by atoms with E-state index in [1.165, 1.54) is 16.8 Å². The van der Waals surface area contributed by atoms with Gasteiger partial charge < -0.3 is 9.47 Å². The SMILES string of the molecule is CCn1nc(C(=O)NNC(=O)c2cc(Cl)c3c(c2)OCO3)c2ccccc2c1=O. The van der Waals surface area contributed by atoms with E-state index in [1.807, 2.05) is 0 Å². The number of nitrogens with one attached hydrogen (secondary N) is 2. The van der Waals surface area contributed by atoms with Crippen LogP contribution in [0.3, 0.4) is 0 Å². The predicted molar refractivity (Wildman–Crippen MR) is 104 cm³/mol. The summed E-state index contributed by atoms with van der Waals surface area (Å²) >= 11 is 6.08. The zero-order valence-corrected chi connectivity index (χ0v) is 15.9. The molecule has 1 aromatic heterocycles. The molecule has 2 heterocycles. The molecule has 0 aliphatic carbocycles. The third-order valence-corrected chi connectivity index (χ3v) is 4.64. The number of rotatable bonds is 3. The van der Waals surface area contributed by atoms with Crippen molar-refractivity contribution >= 4 is 34.2 Å². The molecular weight excluding hydrogens is 400 g/mol. The van der Waals surface area contributed by atoms with Crippen molar-refractivity contribution in [3.05, 3.63) is 63.0 Å². The molecule has 0 saturated heterocycles. The minimum atomic E-state index is -0.663. The first-order valence-electron chi connectivity index (χ1n) is 8.69. The summed E-state index contributed by atoms with van der Waals surface area (Å²) in [5, 5.41) is 5.09. The fraction of sp³-hybridized carbons (Fsp3) is 0.158. The molecule has 29 heavy (non-hydrogen) atoms. The summed E-state index contributed by atoms with van der Waals surface area (Å²) in [6.07, 6.45) is 0. The first-order valence-corrected chi connectivity index (χ1v) is 9.07. The van der Waals surface area contributed by atoms with Gasteiger partial charge >= 0.3 is 0 Å². The second-order valence-corrected chi connectivity index (χ2v) is 6.52. The van der Waals surface area contributed by atoms with Crippen LogP contribution in [0.15, 0.2) is 41.2 Å². The highest BCUT2D eigenvalue weighted by Crippen LogP contribution is 2.39. The van der Waals surface area contributed by atoms with Crippen molar-refractivity contribution in [2.45, 2.75) is 13.5 Å². The molecule has 0 atom stereocenters. The summed E-state index contributed by atoms with van der Waals surface area (Å²) in [6.45, 7) is 2.06. The predicted octanol–water partition coefficient (Wildman–Crippen LogP) is 1.87. The number of aromatic nitrogens is 2. The van der Waals surface area contributed by atoms with Crippen LogP contribution in [0.4, 0.5) is 0 Å². The van der Waals surface area contributed by atoms with Crippen LogP contribution in [0.1, 0.15) is 27.8 Å². The van der Waals surface area contributed by atoms with Crippen LogP contribution in [0, 0.1) is 0 Å². The lowest BCUT2D eigenvalue weighted by Gasteiger charge is -2.11. The van der Waals surface area contributed by atoms with Gasteiger partial charge in [0.05, 0.1) is 10.4 Å². The summed E-state index contributed by atoms with van der Waals surface area (Å²) in [5.41, 5.74) is 4.53. The Morgan fingerprint density at radius 1 is 1.14 bits per heavy atom. The van der Waals surface area contributed by atoms with Gasteiger partial charge in [0.15, 0.2) is 17.2 Å². The van der Waals surface area contributed by atoms with E-state index in [9.17, 15) is 14.4 Å². The molecule has 2 amide bonds. The van der Waals surface area contributed by atoms with E-state index in [0.29, 0.717) is 28.8 Å². The molecule has 0 unspecified atom stereocenters. The second-order valence-electron chi connectivity index (χ2n) is 6.12. The lowest BCUT2D eigenvalue weighted by molar-refractivity contribution is 0.0843. The van der Waals surface area contributed by atoms with Crippen molar-refractivity contribution in [1.29, 1.82) is 0 Å². The summed E-state index contributed by atoms with van der Waals surface area (Å²) in [7, 11) is 0. The van der Waals surface area contributed by atoms with Gasteiger partial charge in [-0.05, 0) is 25.1 Å². The summed E-state index contributed by atoms with van der Waals surface area (Å²) in [4.78, 5) is 37.4. The standard InChI is InChI=1S/C19H15ClN4O5/c1-2-24-19(27)12-6-4-3-5-11(12)15(23-24)18(26)22-21-17(25)10-7-13(20)16-14(8-10)28-9-29-16/h3-8H,2,9H2,1H3,(H,21,25)(H,22,26). The molecule has 9 nitrogen and oxygen atoms in total. The molecule has 0 fully saturated rings. The molecule has 148 valence electrons. The van der Waals surface area contributed by atoms with Crippen molar-refractivity contribution in [3.63, 3.8) is 0 Å². The van der Waals surface area contributed by atoms with E-state index in [-0.39, 0.29) is 28.6 Å². The number of nitrogens with zero attached hydrogens (tertiary/aromatic N) is 2. The first-order chi connectivity index (χ1) is 14.0. The van der Waals surface area contributed by atoms with Gasteiger partial charge in [-0.25, -0.2) is 4.68 Å². The van der Waals surface area contributed by atoms with Gasteiger partial charge in [-0.3, -0.25) is 25.2 Å². The maximum Gasteiger partial charge on any atom is 0.290 e. The number of carbonyl (C=O) groups excluding carboxylic acids is 2. The fourth-order valence-corrected chi connectivity index (χ4v) is 3.23. The van der Waals surface area contributed by atoms with Gasteiger partial charge in [-0.2, -0.15) is 5.10 Å². The maximum absolute atomic E-state index is 12.7. The van der Waals surface area contributed by atoms with Crippen molar-refractivity contribution in [1.82, 2.24) is 20.6 Å². The molecule has 0 radical (unpaired) electrons. The third-order valence-electron chi connectivity index (χ3n) is 4.36. The molecule has 4 rings (SSSR count). The first kappa shape index (κ1) is 18.8. The topological polar surface area (TPSA) is 112 Å². The average Bonchev–Trinajstić information content (AvgIpc) is 3.21. The number of hydrogen-bond donors (Lipinski definition) is 2. The maximum atomic E-state index is 12.7. The highest BCUT2D eigenvalue weighted by molar-refractivity contribution is 6.32. The number of carbonyl (C=O) groups is 2. The summed E-state index contributed by atoms with van der Waals surface area (Å²) < 4.78 is 11.6. The molecule has 0 bridgehead atoms. The number of hydrazine groups is 1. The van der Waals surface area contributed by atoms with E-state index in [1.54, 1.807) is 31.2 Å². The molecule has 0 saturated carbocycles. The average molecular weight is 415 g/mol. The summed E-state index contributed by atoms with van der Waals surface area (Å²) in [5.74, 6) is -0.559. The molecule has 3 aromatic rings. The highest BCUT2D eigenvalue weighted by Gasteiger charge is 2.22. The number of aryl methyl sites for hydroxylation is 1. The van der Waals surface area contributed by atoms with Gasteiger partial charge in [0, 0.05) is 17.5 Å². The molecule has 0 spiro atoms. The molecule has 10 heteroatoms. The minimum absolute atomic E-state index is 0.0166. The Labute approximate surface area is 169 Å². The molecule has 2 aromatic carbocycles. The van der Waals surface area contributed by atoms with E-state index in [4.69, 9.17) is 21.1 Å². The lowest BCUT2D eigenvalue weighted by Crippen LogP contribution is -2.42. The number of halogens is 1. The Morgan fingerprint density at radius 3 is 2.62 bits per heavy atom. The Morgan fingerprint density at radius 2 is 1.86 bits per heavy atom. The Balaban J connectivity index is 1.58. The zero-order valence-electron chi connectivity index (χ0n) is 15.2.